The molecule has 27 heavy (non-hydrogen) atoms. The Morgan fingerprint density at radius 2 is 1.81 bits per heavy atom. The summed E-state index contributed by atoms with van der Waals surface area (Å²) in [5.74, 6) is -0.0155. The van der Waals surface area contributed by atoms with Crippen LogP contribution < -0.4 is 5.32 Å². The Balaban J connectivity index is 1.51. The van der Waals surface area contributed by atoms with Crippen LogP contribution in [-0.4, -0.2) is 60.4 Å². The first-order valence-electron chi connectivity index (χ1n) is 10.1. The third-order valence-electron chi connectivity index (χ3n) is 5.64. The van der Waals surface area contributed by atoms with Gasteiger partial charge >= 0.3 is 0 Å². The Morgan fingerprint density at radius 3 is 2.48 bits per heavy atom. The first-order valence-corrected chi connectivity index (χ1v) is 10.5. The minimum atomic E-state index is -0.108. The number of likely N-dealkylation sites (tertiary alicyclic amines) is 2. The molecule has 0 aromatic heterocycles. The maximum absolute atomic E-state index is 12.7. The lowest BCUT2D eigenvalue weighted by Gasteiger charge is -2.35. The first kappa shape index (κ1) is 20.2. The lowest BCUT2D eigenvalue weighted by Crippen LogP contribution is -2.50. The summed E-state index contributed by atoms with van der Waals surface area (Å²) in [6.45, 7) is 6.68. The van der Waals surface area contributed by atoms with Gasteiger partial charge in [-0.25, -0.2) is 0 Å². The number of carbonyl (C=O) groups excluding carboxylic acids is 2. The van der Waals surface area contributed by atoms with Gasteiger partial charge in [-0.1, -0.05) is 18.5 Å². The van der Waals surface area contributed by atoms with E-state index in [9.17, 15) is 9.59 Å². The van der Waals surface area contributed by atoms with Crippen LogP contribution in [0.3, 0.4) is 0 Å². The van der Waals surface area contributed by atoms with Crippen LogP contribution in [0.25, 0.3) is 0 Å². The minimum absolute atomic E-state index is 0.0166. The maximum Gasteiger partial charge on any atom is 0.253 e. The van der Waals surface area contributed by atoms with Gasteiger partial charge in [0.1, 0.15) is 0 Å². The van der Waals surface area contributed by atoms with Crippen LogP contribution in [0.15, 0.2) is 24.3 Å². The third-order valence-corrected chi connectivity index (χ3v) is 5.90. The summed E-state index contributed by atoms with van der Waals surface area (Å²) in [7, 11) is 0. The second-order valence-electron chi connectivity index (χ2n) is 7.72. The number of carbonyl (C=O) groups is 2. The third kappa shape index (κ3) is 5.45. The molecule has 3 rings (SSSR count). The van der Waals surface area contributed by atoms with Crippen molar-refractivity contribution in [2.24, 2.45) is 5.92 Å². The minimum Gasteiger partial charge on any atom is -0.353 e. The smallest absolute Gasteiger partial charge is 0.253 e. The summed E-state index contributed by atoms with van der Waals surface area (Å²) >= 11 is 5.91. The van der Waals surface area contributed by atoms with Crippen molar-refractivity contribution in [3.05, 3.63) is 34.9 Å². The van der Waals surface area contributed by atoms with E-state index in [2.05, 4.69) is 17.1 Å². The van der Waals surface area contributed by atoms with E-state index in [1.165, 1.54) is 6.42 Å². The van der Waals surface area contributed by atoms with E-state index in [-0.39, 0.29) is 23.8 Å². The molecule has 0 aliphatic carbocycles. The molecule has 1 aromatic carbocycles. The Morgan fingerprint density at radius 1 is 1.11 bits per heavy atom. The van der Waals surface area contributed by atoms with Gasteiger partial charge in [0.25, 0.3) is 5.91 Å². The molecule has 0 spiro atoms. The monoisotopic (exact) mass is 391 g/mol. The zero-order valence-electron chi connectivity index (χ0n) is 16.1. The number of hydrogen-bond acceptors (Lipinski definition) is 3. The largest absolute Gasteiger partial charge is 0.353 e. The highest BCUT2D eigenvalue weighted by Gasteiger charge is 2.30. The number of benzene rings is 1. The van der Waals surface area contributed by atoms with Gasteiger partial charge in [-0.15, -0.1) is 0 Å². The quantitative estimate of drug-likeness (QED) is 0.838. The Kier molecular flexibility index (Phi) is 7.13. The molecule has 5 nitrogen and oxygen atoms in total. The highest BCUT2D eigenvalue weighted by atomic mass is 35.5. The molecule has 0 radical (unpaired) electrons. The van der Waals surface area contributed by atoms with E-state index in [4.69, 9.17) is 11.6 Å². The van der Waals surface area contributed by atoms with E-state index in [0.717, 1.165) is 45.3 Å². The van der Waals surface area contributed by atoms with Crippen molar-refractivity contribution in [2.45, 2.75) is 45.1 Å². The van der Waals surface area contributed by atoms with Crippen LogP contribution in [0.4, 0.5) is 0 Å². The Labute approximate surface area is 167 Å². The summed E-state index contributed by atoms with van der Waals surface area (Å²) in [6.07, 6.45) is 4.94. The van der Waals surface area contributed by atoms with Gasteiger partial charge in [0.05, 0.1) is 5.92 Å². The molecule has 2 amide bonds. The molecule has 0 bridgehead atoms. The topological polar surface area (TPSA) is 52.7 Å². The molecular weight excluding hydrogens is 362 g/mol. The number of amides is 2. The van der Waals surface area contributed by atoms with Crippen molar-refractivity contribution < 1.29 is 9.59 Å². The van der Waals surface area contributed by atoms with Crippen molar-refractivity contribution in [1.29, 1.82) is 0 Å². The number of halogens is 1. The average Bonchev–Trinajstić information content (AvgIpc) is 2.70. The SMILES string of the molecule is CCCN1CCC(NC(=O)C2CCCN(C(=O)c3ccc(Cl)cc3)C2)CC1. The van der Waals surface area contributed by atoms with E-state index < -0.39 is 0 Å². The molecule has 6 heteroatoms. The van der Waals surface area contributed by atoms with Crippen LogP contribution >= 0.6 is 11.6 Å². The number of rotatable bonds is 5. The van der Waals surface area contributed by atoms with Gasteiger partial charge in [-0.3, -0.25) is 9.59 Å². The van der Waals surface area contributed by atoms with Crippen LogP contribution in [-0.2, 0) is 4.79 Å². The number of hydrogen-bond donors (Lipinski definition) is 1. The normalized spacial score (nSPS) is 21.9. The molecular formula is C21H30ClN3O2. The summed E-state index contributed by atoms with van der Waals surface area (Å²) in [6, 6.07) is 7.23. The predicted molar refractivity (Wildman–Crippen MR) is 108 cm³/mol. The lowest BCUT2D eigenvalue weighted by atomic mass is 9.95. The van der Waals surface area contributed by atoms with Crippen LogP contribution in [0, 0.1) is 5.92 Å². The molecule has 2 fully saturated rings. The van der Waals surface area contributed by atoms with Gasteiger partial charge in [0.15, 0.2) is 0 Å². The van der Waals surface area contributed by atoms with Crippen molar-refractivity contribution in [1.82, 2.24) is 15.1 Å². The van der Waals surface area contributed by atoms with Crippen LogP contribution in [0.2, 0.25) is 5.02 Å². The molecule has 0 saturated carbocycles. The van der Waals surface area contributed by atoms with Gasteiger partial charge in [-0.2, -0.15) is 0 Å². The van der Waals surface area contributed by atoms with E-state index in [1.54, 1.807) is 29.2 Å². The van der Waals surface area contributed by atoms with Crippen molar-refractivity contribution in [3.63, 3.8) is 0 Å². The molecule has 2 aliphatic heterocycles. The Hall–Kier alpha value is -1.59. The lowest BCUT2D eigenvalue weighted by molar-refractivity contribution is -0.127. The highest BCUT2D eigenvalue weighted by molar-refractivity contribution is 6.30. The maximum atomic E-state index is 12.7. The van der Waals surface area contributed by atoms with E-state index in [0.29, 0.717) is 23.7 Å². The molecule has 1 N–H and O–H groups in total. The Bertz CT molecular complexity index is 641. The molecule has 148 valence electrons. The molecule has 2 aliphatic rings. The molecule has 1 atom stereocenters. The van der Waals surface area contributed by atoms with Crippen molar-refractivity contribution in [3.8, 4) is 0 Å². The second kappa shape index (κ2) is 9.56. The van der Waals surface area contributed by atoms with E-state index >= 15 is 0 Å². The van der Waals surface area contributed by atoms with Gasteiger partial charge in [0.2, 0.25) is 5.91 Å². The molecule has 1 aromatic rings. The summed E-state index contributed by atoms with van der Waals surface area (Å²) < 4.78 is 0. The zero-order valence-corrected chi connectivity index (χ0v) is 16.9. The molecule has 2 heterocycles. The molecule has 2 saturated heterocycles. The number of nitrogens with one attached hydrogen (secondary N) is 1. The standard InChI is InChI=1S/C21H30ClN3O2/c1-2-11-24-13-9-19(10-14-24)23-20(26)17-4-3-12-25(15-17)21(27)16-5-7-18(22)8-6-16/h5-8,17,19H,2-4,9-15H2,1H3,(H,23,26). The van der Waals surface area contributed by atoms with Gasteiger partial charge in [0, 0.05) is 42.8 Å². The fraction of sp³-hybridized carbons (Fsp3) is 0.619. The number of nitrogens with zero attached hydrogens (tertiary/aromatic N) is 2. The highest BCUT2D eigenvalue weighted by Crippen LogP contribution is 2.21. The van der Waals surface area contributed by atoms with Crippen molar-refractivity contribution in [2.75, 3.05) is 32.7 Å². The van der Waals surface area contributed by atoms with Gasteiger partial charge < -0.3 is 15.1 Å². The van der Waals surface area contributed by atoms with E-state index in [1.807, 2.05) is 0 Å². The predicted octanol–water partition coefficient (Wildman–Crippen LogP) is 3.18. The fourth-order valence-electron chi connectivity index (χ4n) is 4.09. The van der Waals surface area contributed by atoms with Crippen LogP contribution in [0.1, 0.15) is 49.4 Å². The fourth-order valence-corrected chi connectivity index (χ4v) is 4.21. The van der Waals surface area contributed by atoms with Crippen molar-refractivity contribution >= 4 is 23.4 Å². The number of piperidine rings is 2. The second-order valence-corrected chi connectivity index (χ2v) is 8.16. The summed E-state index contributed by atoms with van der Waals surface area (Å²) in [5.41, 5.74) is 0.628. The average molecular weight is 392 g/mol. The molecule has 1 unspecified atom stereocenters. The van der Waals surface area contributed by atoms with Crippen LogP contribution in [0.5, 0.6) is 0 Å². The van der Waals surface area contributed by atoms with Gasteiger partial charge in [-0.05, 0) is 62.9 Å². The zero-order chi connectivity index (χ0) is 19.2. The summed E-state index contributed by atoms with van der Waals surface area (Å²) in [4.78, 5) is 29.7. The summed E-state index contributed by atoms with van der Waals surface area (Å²) in [5, 5.41) is 3.85. The first-order chi connectivity index (χ1) is 13.1.